The number of esters is 1. The van der Waals surface area contributed by atoms with E-state index in [4.69, 9.17) is 23.2 Å². The lowest BCUT2D eigenvalue weighted by Gasteiger charge is -2.11. The summed E-state index contributed by atoms with van der Waals surface area (Å²) in [5.74, 6) is -0.301. The molecule has 0 aliphatic carbocycles. The van der Waals surface area contributed by atoms with Gasteiger partial charge >= 0.3 is 5.97 Å². The number of aliphatic hydroxyl groups is 1. The number of methoxy groups -OCH3 is 1. The average molecular weight is 278 g/mol. The van der Waals surface area contributed by atoms with E-state index in [2.05, 4.69) is 10.1 Å². The van der Waals surface area contributed by atoms with Gasteiger partial charge in [0.1, 0.15) is 0 Å². The van der Waals surface area contributed by atoms with Crippen molar-refractivity contribution < 1.29 is 14.6 Å². The SMILES string of the molecule is COC(=O)c1ccc(NCC(O)CCl)c(Cl)c1. The number of anilines is 1. The van der Waals surface area contributed by atoms with Crippen LogP contribution in [0.4, 0.5) is 5.69 Å². The van der Waals surface area contributed by atoms with Gasteiger partial charge in [-0.15, -0.1) is 11.6 Å². The molecule has 0 aliphatic rings. The van der Waals surface area contributed by atoms with E-state index in [1.165, 1.54) is 13.2 Å². The van der Waals surface area contributed by atoms with Crippen molar-refractivity contribution in [3.05, 3.63) is 28.8 Å². The van der Waals surface area contributed by atoms with Crippen LogP contribution in [0.3, 0.4) is 0 Å². The van der Waals surface area contributed by atoms with E-state index in [1.54, 1.807) is 12.1 Å². The van der Waals surface area contributed by atoms with Crippen molar-refractivity contribution in [3.8, 4) is 0 Å². The van der Waals surface area contributed by atoms with E-state index in [0.29, 0.717) is 22.8 Å². The number of hydrogen-bond acceptors (Lipinski definition) is 4. The largest absolute Gasteiger partial charge is 0.465 e. The van der Waals surface area contributed by atoms with Crippen molar-refractivity contribution in [2.24, 2.45) is 0 Å². The first kappa shape index (κ1) is 14.1. The molecule has 4 nitrogen and oxygen atoms in total. The van der Waals surface area contributed by atoms with E-state index in [-0.39, 0.29) is 5.88 Å². The van der Waals surface area contributed by atoms with Crippen molar-refractivity contribution >= 4 is 34.9 Å². The fraction of sp³-hybridized carbons (Fsp3) is 0.364. The van der Waals surface area contributed by atoms with Crippen LogP contribution >= 0.6 is 23.2 Å². The number of aliphatic hydroxyl groups excluding tert-OH is 1. The minimum Gasteiger partial charge on any atom is -0.465 e. The van der Waals surface area contributed by atoms with Crippen molar-refractivity contribution in [2.75, 3.05) is 24.9 Å². The van der Waals surface area contributed by atoms with Gasteiger partial charge in [-0.05, 0) is 18.2 Å². The average Bonchev–Trinajstić information content (AvgIpc) is 2.35. The van der Waals surface area contributed by atoms with Crippen LogP contribution in [0.5, 0.6) is 0 Å². The molecule has 0 saturated heterocycles. The van der Waals surface area contributed by atoms with E-state index in [9.17, 15) is 9.90 Å². The molecule has 0 fully saturated rings. The second-order valence-electron chi connectivity index (χ2n) is 3.38. The molecule has 1 aromatic rings. The van der Waals surface area contributed by atoms with Crippen LogP contribution in [0.1, 0.15) is 10.4 Å². The number of alkyl halides is 1. The third-order valence-electron chi connectivity index (χ3n) is 2.10. The Morgan fingerprint density at radius 2 is 2.29 bits per heavy atom. The van der Waals surface area contributed by atoms with Crippen LogP contribution in [-0.4, -0.2) is 36.7 Å². The van der Waals surface area contributed by atoms with Gasteiger partial charge < -0.3 is 15.2 Å². The zero-order chi connectivity index (χ0) is 12.8. The second-order valence-corrected chi connectivity index (χ2v) is 4.09. The predicted octanol–water partition coefficient (Wildman–Crippen LogP) is 2.14. The highest BCUT2D eigenvalue weighted by Gasteiger charge is 2.09. The minimum atomic E-state index is -0.645. The van der Waals surface area contributed by atoms with Crippen molar-refractivity contribution in [1.29, 1.82) is 0 Å². The lowest BCUT2D eigenvalue weighted by atomic mass is 10.2. The number of halogens is 2. The number of carbonyl (C=O) groups is 1. The van der Waals surface area contributed by atoms with Crippen molar-refractivity contribution in [1.82, 2.24) is 0 Å². The highest BCUT2D eigenvalue weighted by molar-refractivity contribution is 6.33. The zero-order valence-corrected chi connectivity index (χ0v) is 10.8. The van der Waals surface area contributed by atoms with E-state index < -0.39 is 12.1 Å². The van der Waals surface area contributed by atoms with E-state index in [1.807, 2.05) is 0 Å². The molecule has 2 N–H and O–H groups in total. The maximum atomic E-state index is 11.2. The van der Waals surface area contributed by atoms with Gasteiger partial charge in [0.05, 0.1) is 35.4 Å². The van der Waals surface area contributed by atoms with Gasteiger partial charge in [-0.25, -0.2) is 4.79 Å². The van der Waals surface area contributed by atoms with Gasteiger partial charge in [0.25, 0.3) is 0 Å². The van der Waals surface area contributed by atoms with Gasteiger partial charge in [-0.1, -0.05) is 11.6 Å². The summed E-state index contributed by atoms with van der Waals surface area (Å²) in [5, 5.41) is 12.6. The van der Waals surface area contributed by atoms with E-state index in [0.717, 1.165) is 0 Å². The Balaban J connectivity index is 2.73. The summed E-state index contributed by atoms with van der Waals surface area (Å²) >= 11 is 11.4. The normalized spacial score (nSPS) is 12.0. The molecule has 1 atom stereocenters. The van der Waals surface area contributed by atoms with Gasteiger partial charge in [-0.2, -0.15) is 0 Å². The molecule has 0 spiro atoms. The quantitative estimate of drug-likeness (QED) is 0.640. The van der Waals surface area contributed by atoms with Crippen LogP contribution in [0, 0.1) is 0 Å². The third-order valence-corrected chi connectivity index (χ3v) is 2.77. The Labute approximate surface area is 109 Å². The first-order valence-electron chi connectivity index (χ1n) is 4.94. The van der Waals surface area contributed by atoms with E-state index >= 15 is 0 Å². The smallest absolute Gasteiger partial charge is 0.337 e. The lowest BCUT2D eigenvalue weighted by molar-refractivity contribution is 0.0600. The lowest BCUT2D eigenvalue weighted by Crippen LogP contribution is -2.20. The molecular formula is C11H13Cl2NO3. The Morgan fingerprint density at radius 1 is 1.59 bits per heavy atom. The molecule has 0 radical (unpaired) electrons. The Bertz CT molecular complexity index is 398. The molecule has 0 bridgehead atoms. The van der Waals surface area contributed by atoms with Gasteiger partial charge in [0.2, 0.25) is 0 Å². The van der Waals surface area contributed by atoms with Crippen LogP contribution in [-0.2, 0) is 4.74 Å². The molecule has 6 heteroatoms. The summed E-state index contributed by atoms with van der Waals surface area (Å²) in [7, 11) is 1.30. The zero-order valence-electron chi connectivity index (χ0n) is 9.24. The summed E-state index contributed by atoms with van der Waals surface area (Å²) in [5.41, 5.74) is 1.00. The van der Waals surface area contributed by atoms with Crippen LogP contribution in [0.25, 0.3) is 0 Å². The number of nitrogens with one attached hydrogen (secondary N) is 1. The number of ether oxygens (including phenoxy) is 1. The monoisotopic (exact) mass is 277 g/mol. The maximum Gasteiger partial charge on any atom is 0.337 e. The molecule has 0 saturated carbocycles. The molecule has 1 rings (SSSR count). The Kier molecular flexibility index (Phi) is 5.55. The van der Waals surface area contributed by atoms with Crippen LogP contribution < -0.4 is 5.32 Å². The Morgan fingerprint density at radius 3 is 2.82 bits per heavy atom. The molecule has 1 unspecified atom stereocenters. The minimum absolute atomic E-state index is 0.144. The summed E-state index contributed by atoms with van der Waals surface area (Å²) in [6, 6.07) is 4.74. The fourth-order valence-electron chi connectivity index (χ4n) is 1.19. The molecule has 0 amide bonds. The predicted molar refractivity (Wildman–Crippen MR) is 68.0 cm³/mol. The van der Waals surface area contributed by atoms with Crippen LogP contribution in [0.15, 0.2) is 18.2 Å². The maximum absolute atomic E-state index is 11.2. The molecular weight excluding hydrogens is 265 g/mol. The first-order chi connectivity index (χ1) is 8.08. The number of rotatable bonds is 5. The van der Waals surface area contributed by atoms with Crippen molar-refractivity contribution in [2.45, 2.75) is 6.10 Å². The van der Waals surface area contributed by atoms with Gasteiger partial charge in [0, 0.05) is 6.54 Å². The summed E-state index contributed by atoms with van der Waals surface area (Å²) in [6.45, 7) is 0.292. The molecule has 1 aromatic carbocycles. The molecule has 0 aliphatic heterocycles. The van der Waals surface area contributed by atoms with Gasteiger partial charge in [-0.3, -0.25) is 0 Å². The highest BCUT2D eigenvalue weighted by atomic mass is 35.5. The summed E-state index contributed by atoms with van der Waals surface area (Å²) in [4.78, 5) is 11.2. The van der Waals surface area contributed by atoms with Crippen molar-refractivity contribution in [3.63, 3.8) is 0 Å². The first-order valence-corrected chi connectivity index (χ1v) is 5.85. The summed E-state index contributed by atoms with van der Waals surface area (Å²) < 4.78 is 4.57. The number of benzene rings is 1. The molecule has 17 heavy (non-hydrogen) atoms. The molecule has 0 heterocycles. The molecule has 0 aromatic heterocycles. The molecule has 94 valence electrons. The fourth-order valence-corrected chi connectivity index (χ4v) is 1.54. The highest BCUT2D eigenvalue weighted by Crippen LogP contribution is 2.23. The topological polar surface area (TPSA) is 58.6 Å². The number of hydrogen-bond donors (Lipinski definition) is 2. The second kappa shape index (κ2) is 6.69. The number of carbonyl (C=O) groups excluding carboxylic acids is 1. The summed E-state index contributed by atoms with van der Waals surface area (Å²) in [6.07, 6.45) is -0.645. The van der Waals surface area contributed by atoms with Crippen LogP contribution in [0.2, 0.25) is 5.02 Å². The standard InChI is InChI=1S/C11H13Cl2NO3/c1-17-11(16)7-2-3-10(9(13)4-7)14-6-8(15)5-12/h2-4,8,14-15H,5-6H2,1H3. The van der Waals surface area contributed by atoms with Gasteiger partial charge in [0.15, 0.2) is 0 Å². The third kappa shape index (κ3) is 4.07. The Hall–Kier alpha value is -0.970.